The van der Waals surface area contributed by atoms with E-state index in [9.17, 15) is 9.59 Å². The van der Waals surface area contributed by atoms with Crippen molar-refractivity contribution in [2.75, 3.05) is 19.6 Å². The van der Waals surface area contributed by atoms with E-state index in [0.29, 0.717) is 13.1 Å². The van der Waals surface area contributed by atoms with Gasteiger partial charge in [-0.15, -0.1) is 0 Å². The highest BCUT2D eigenvalue weighted by atomic mass is 16.5. The molecule has 1 saturated heterocycles. The summed E-state index contributed by atoms with van der Waals surface area (Å²) in [6.45, 7) is 3.19. The van der Waals surface area contributed by atoms with Crippen LogP contribution in [0.15, 0.2) is 60.7 Å². The van der Waals surface area contributed by atoms with Gasteiger partial charge >= 0.3 is 5.97 Å². The van der Waals surface area contributed by atoms with Crippen LogP contribution in [0.25, 0.3) is 0 Å². The maximum absolute atomic E-state index is 12.9. The van der Waals surface area contributed by atoms with Crippen LogP contribution in [0, 0.1) is 0 Å². The molecule has 1 aliphatic heterocycles. The van der Waals surface area contributed by atoms with Crippen LogP contribution >= 0.6 is 0 Å². The number of amides is 1. The average Bonchev–Trinajstić information content (AvgIpc) is 2.63. The first-order valence-electron chi connectivity index (χ1n) is 8.46. The number of carbonyl (C=O) groups excluding carboxylic acids is 2. The number of benzene rings is 2. The molecule has 1 heterocycles. The van der Waals surface area contributed by atoms with E-state index in [1.54, 1.807) is 0 Å². The van der Waals surface area contributed by atoms with E-state index in [-0.39, 0.29) is 24.5 Å². The van der Waals surface area contributed by atoms with E-state index >= 15 is 0 Å². The van der Waals surface area contributed by atoms with E-state index in [4.69, 9.17) is 4.74 Å². The van der Waals surface area contributed by atoms with Crippen LogP contribution in [0.1, 0.15) is 30.2 Å². The molecule has 5 heteroatoms. The highest BCUT2D eigenvalue weighted by molar-refractivity contribution is 5.82. The predicted octanol–water partition coefficient (Wildman–Crippen LogP) is 2.46. The van der Waals surface area contributed by atoms with Gasteiger partial charge in [-0.05, 0) is 18.1 Å². The smallest absolute Gasteiger partial charge is 0.328 e. The van der Waals surface area contributed by atoms with Gasteiger partial charge < -0.3 is 10.1 Å². The second-order valence-corrected chi connectivity index (χ2v) is 6.12. The Labute approximate surface area is 147 Å². The maximum Gasteiger partial charge on any atom is 0.328 e. The van der Waals surface area contributed by atoms with Crippen LogP contribution in [0.5, 0.6) is 0 Å². The van der Waals surface area contributed by atoms with Gasteiger partial charge in [-0.3, -0.25) is 9.69 Å². The van der Waals surface area contributed by atoms with Gasteiger partial charge in [-0.2, -0.15) is 0 Å². The summed E-state index contributed by atoms with van der Waals surface area (Å²) in [5, 5.41) is 2.79. The molecule has 2 unspecified atom stereocenters. The van der Waals surface area contributed by atoms with Gasteiger partial charge in [0.2, 0.25) is 5.91 Å². The highest BCUT2D eigenvalue weighted by Crippen LogP contribution is 2.26. The molecule has 2 atom stereocenters. The van der Waals surface area contributed by atoms with Crippen molar-refractivity contribution in [2.45, 2.75) is 19.1 Å². The van der Waals surface area contributed by atoms with E-state index in [1.807, 2.05) is 72.5 Å². The second-order valence-electron chi connectivity index (χ2n) is 6.12. The van der Waals surface area contributed by atoms with Crippen LogP contribution < -0.4 is 5.32 Å². The number of carbonyl (C=O) groups is 2. The Bertz CT molecular complexity index is 718. The summed E-state index contributed by atoms with van der Waals surface area (Å²) in [6.07, 6.45) is -0.349. The van der Waals surface area contributed by atoms with Crippen molar-refractivity contribution in [2.24, 2.45) is 0 Å². The normalized spacial score (nSPS) is 17.4. The fraction of sp³-hybridized carbons (Fsp3) is 0.300. The summed E-state index contributed by atoms with van der Waals surface area (Å²) in [4.78, 5) is 26.6. The van der Waals surface area contributed by atoms with E-state index in [2.05, 4.69) is 5.32 Å². The number of hydrogen-bond donors (Lipinski definition) is 1. The molecule has 1 aliphatic rings. The van der Waals surface area contributed by atoms with Crippen molar-refractivity contribution in [1.82, 2.24) is 10.2 Å². The Morgan fingerprint density at radius 2 is 1.64 bits per heavy atom. The van der Waals surface area contributed by atoms with Crippen LogP contribution in [0.3, 0.4) is 0 Å². The standard InChI is InChI=1S/C20H22N2O3/c1-15(16-8-4-2-5-9-16)25-20(24)19(17-10-6-3-7-11-17)22-13-12-21-18(23)14-22/h2-11,15,19H,12-14H2,1H3,(H,21,23). The molecule has 1 fully saturated rings. The summed E-state index contributed by atoms with van der Waals surface area (Å²) in [5.74, 6) is -0.409. The Kier molecular flexibility index (Phi) is 5.46. The lowest BCUT2D eigenvalue weighted by Gasteiger charge is -2.33. The van der Waals surface area contributed by atoms with Crippen molar-refractivity contribution in [1.29, 1.82) is 0 Å². The Morgan fingerprint density at radius 3 is 2.24 bits per heavy atom. The van der Waals surface area contributed by atoms with Crippen molar-refractivity contribution in [3.05, 3.63) is 71.8 Å². The van der Waals surface area contributed by atoms with E-state index < -0.39 is 6.04 Å². The summed E-state index contributed by atoms with van der Waals surface area (Å²) in [7, 11) is 0. The third-order valence-corrected chi connectivity index (χ3v) is 4.33. The summed E-state index contributed by atoms with van der Waals surface area (Å²) < 4.78 is 5.73. The number of piperazine rings is 1. The number of nitrogens with one attached hydrogen (secondary N) is 1. The third kappa shape index (κ3) is 4.25. The van der Waals surface area contributed by atoms with E-state index in [1.165, 1.54) is 0 Å². The first-order chi connectivity index (χ1) is 12.1. The topological polar surface area (TPSA) is 58.6 Å². The predicted molar refractivity (Wildman–Crippen MR) is 94.7 cm³/mol. The lowest BCUT2D eigenvalue weighted by atomic mass is 10.0. The van der Waals surface area contributed by atoms with Gasteiger partial charge in [0.05, 0.1) is 6.54 Å². The molecule has 0 aromatic heterocycles. The number of ether oxygens (including phenoxy) is 1. The molecule has 0 saturated carbocycles. The average molecular weight is 338 g/mol. The molecule has 1 amide bonds. The number of hydrogen-bond acceptors (Lipinski definition) is 4. The van der Waals surface area contributed by atoms with Gasteiger partial charge in [0, 0.05) is 13.1 Å². The quantitative estimate of drug-likeness (QED) is 0.851. The third-order valence-electron chi connectivity index (χ3n) is 4.33. The molecule has 2 aromatic rings. The lowest BCUT2D eigenvalue weighted by Crippen LogP contribution is -2.50. The summed E-state index contributed by atoms with van der Waals surface area (Å²) >= 11 is 0. The van der Waals surface area contributed by atoms with Gasteiger partial charge in [0.15, 0.2) is 0 Å². The van der Waals surface area contributed by atoms with E-state index in [0.717, 1.165) is 11.1 Å². The molecule has 3 rings (SSSR count). The SMILES string of the molecule is CC(OC(=O)C(c1ccccc1)N1CCNC(=O)C1)c1ccccc1. The van der Waals surface area contributed by atoms with Crippen molar-refractivity contribution >= 4 is 11.9 Å². The van der Waals surface area contributed by atoms with Crippen molar-refractivity contribution in [3.63, 3.8) is 0 Å². The Morgan fingerprint density at radius 1 is 1.04 bits per heavy atom. The molecule has 25 heavy (non-hydrogen) atoms. The lowest BCUT2D eigenvalue weighted by molar-refractivity contribution is -0.156. The number of nitrogens with zero attached hydrogens (tertiary/aromatic N) is 1. The van der Waals surface area contributed by atoms with Crippen molar-refractivity contribution in [3.8, 4) is 0 Å². The Hall–Kier alpha value is -2.66. The molecule has 0 aliphatic carbocycles. The zero-order valence-electron chi connectivity index (χ0n) is 14.2. The second kappa shape index (κ2) is 7.94. The largest absolute Gasteiger partial charge is 0.456 e. The summed E-state index contributed by atoms with van der Waals surface area (Å²) in [6, 6.07) is 18.5. The fourth-order valence-electron chi connectivity index (χ4n) is 3.04. The molecule has 1 N–H and O–H groups in total. The number of rotatable bonds is 5. The molecule has 130 valence electrons. The number of esters is 1. The van der Waals surface area contributed by atoms with Gasteiger partial charge in [0.25, 0.3) is 0 Å². The summed E-state index contributed by atoms with van der Waals surface area (Å²) in [5.41, 5.74) is 1.78. The van der Waals surface area contributed by atoms with Crippen LogP contribution in [0.2, 0.25) is 0 Å². The van der Waals surface area contributed by atoms with Crippen LogP contribution in [-0.4, -0.2) is 36.4 Å². The van der Waals surface area contributed by atoms with Gasteiger partial charge in [-0.1, -0.05) is 60.7 Å². The fourth-order valence-corrected chi connectivity index (χ4v) is 3.04. The molecule has 0 bridgehead atoms. The molecule has 0 spiro atoms. The van der Waals surface area contributed by atoms with Crippen LogP contribution in [-0.2, 0) is 14.3 Å². The minimum atomic E-state index is -0.585. The minimum Gasteiger partial charge on any atom is -0.456 e. The Balaban J connectivity index is 1.81. The molecule has 5 nitrogen and oxygen atoms in total. The molecule has 0 radical (unpaired) electrons. The molecular formula is C20H22N2O3. The van der Waals surface area contributed by atoms with Crippen LogP contribution in [0.4, 0.5) is 0 Å². The molecule has 2 aromatic carbocycles. The zero-order valence-corrected chi connectivity index (χ0v) is 14.2. The van der Waals surface area contributed by atoms with Gasteiger partial charge in [-0.25, -0.2) is 4.79 Å². The van der Waals surface area contributed by atoms with Gasteiger partial charge in [0.1, 0.15) is 12.1 Å². The minimum absolute atomic E-state index is 0.0731. The molecular weight excluding hydrogens is 316 g/mol. The monoisotopic (exact) mass is 338 g/mol. The first-order valence-corrected chi connectivity index (χ1v) is 8.46. The van der Waals surface area contributed by atoms with Crippen molar-refractivity contribution < 1.29 is 14.3 Å². The highest BCUT2D eigenvalue weighted by Gasteiger charge is 2.33. The maximum atomic E-state index is 12.9. The first kappa shape index (κ1) is 17.2. The zero-order chi connectivity index (χ0) is 17.6.